The van der Waals surface area contributed by atoms with Crippen molar-refractivity contribution in [3.63, 3.8) is 0 Å². The number of rotatable bonds is 4. The van der Waals surface area contributed by atoms with E-state index in [1.807, 2.05) is 6.92 Å². The molecule has 0 aliphatic heterocycles. The summed E-state index contributed by atoms with van der Waals surface area (Å²) in [5.41, 5.74) is 1.05. The molecule has 0 fully saturated rings. The van der Waals surface area contributed by atoms with Crippen molar-refractivity contribution in [3.8, 4) is 0 Å². The van der Waals surface area contributed by atoms with Gasteiger partial charge in [0.25, 0.3) is 11.8 Å². The number of anilines is 1. The summed E-state index contributed by atoms with van der Waals surface area (Å²) in [4.78, 5) is 23.9. The maximum Gasteiger partial charge on any atom is 0.257 e. The molecule has 0 atom stereocenters. The van der Waals surface area contributed by atoms with E-state index in [-0.39, 0.29) is 16.5 Å². The summed E-state index contributed by atoms with van der Waals surface area (Å²) < 4.78 is 13.0. The first-order chi connectivity index (χ1) is 10.5. The zero-order valence-corrected chi connectivity index (χ0v) is 12.6. The Bertz CT molecular complexity index is 719. The quantitative estimate of drug-likeness (QED) is 0.906. The summed E-state index contributed by atoms with van der Waals surface area (Å²) in [7, 11) is 0. The van der Waals surface area contributed by atoms with Gasteiger partial charge in [-0.25, -0.2) is 4.39 Å². The molecule has 2 N–H and O–H groups in total. The van der Waals surface area contributed by atoms with Crippen LogP contribution in [-0.2, 0) is 0 Å². The molecule has 0 radical (unpaired) electrons. The van der Waals surface area contributed by atoms with Gasteiger partial charge in [-0.15, -0.1) is 0 Å². The minimum Gasteiger partial charge on any atom is -0.352 e. The molecule has 0 aliphatic rings. The third-order valence-electron chi connectivity index (χ3n) is 2.90. The van der Waals surface area contributed by atoms with Crippen LogP contribution in [0.2, 0.25) is 5.02 Å². The fraction of sp³-hybridized carbons (Fsp3) is 0.125. The maximum absolute atomic E-state index is 13.0. The Morgan fingerprint density at radius 3 is 2.59 bits per heavy atom. The van der Waals surface area contributed by atoms with Crippen LogP contribution in [0.1, 0.15) is 27.6 Å². The fourth-order valence-corrected chi connectivity index (χ4v) is 2.13. The molecule has 0 saturated carbocycles. The van der Waals surface area contributed by atoms with Crippen LogP contribution >= 0.6 is 11.6 Å². The van der Waals surface area contributed by atoms with Gasteiger partial charge in [0.1, 0.15) is 5.82 Å². The normalized spacial score (nSPS) is 10.1. The number of amides is 2. The topological polar surface area (TPSA) is 58.2 Å². The minimum atomic E-state index is -0.514. The molecule has 0 aliphatic carbocycles. The van der Waals surface area contributed by atoms with E-state index in [0.717, 1.165) is 12.1 Å². The molecule has 0 spiro atoms. The zero-order valence-electron chi connectivity index (χ0n) is 11.8. The lowest BCUT2D eigenvalue weighted by molar-refractivity contribution is 0.0954. The van der Waals surface area contributed by atoms with E-state index in [1.54, 1.807) is 24.3 Å². The van der Waals surface area contributed by atoms with Crippen LogP contribution in [0.3, 0.4) is 0 Å². The van der Waals surface area contributed by atoms with Crippen LogP contribution in [0.25, 0.3) is 0 Å². The minimum absolute atomic E-state index is 0.0254. The highest BCUT2D eigenvalue weighted by molar-refractivity contribution is 6.34. The molecule has 114 valence electrons. The van der Waals surface area contributed by atoms with E-state index < -0.39 is 11.7 Å². The van der Waals surface area contributed by atoms with Gasteiger partial charge in [0.2, 0.25) is 0 Å². The molecular weight excluding hydrogens is 307 g/mol. The molecule has 0 aromatic heterocycles. The lowest BCUT2D eigenvalue weighted by atomic mass is 10.1. The number of hydrogen-bond acceptors (Lipinski definition) is 2. The molecule has 2 aromatic rings. The van der Waals surface area contributed by atoms with E-state index in [4.69, 9.17) is 11.6 Å². The summed E-state index contributed by atoms with van der Waals surface area (Å²) >= 11 is 5.85. The Labute approximate surface area is 132 Å². The first kappa shape index (κ1) is 16.0. The summed E-state index contributed by atoms with van der Waals surface area (Å²) in [6, 6.07) is 10.0. The summed E-state index contributed by atoms with van der Waals surface area (Å²) in [6.07, 6.45) is 0. The largest absolute Gasteiger partial charge is 0.352 e. The van der Waals surface area contributed by atoms with Crippen LogP contribution in [0.5, 0.6) is 0 Å². The molecule has 0 unspecified atom stereocenters. The van der Waals surface area contributed by atoms with Crippen molar-refractivity contribution in [1.82, 2.24) is 5.32 Å². The van der Waals surface area contributed by atoms with Gasteiger partial charge in [-0.05, 0) is 43.3 Å². The van der Waals surface area contributed by atoms with Crippen molar-refractivity contribution in [2.75, 3.05) is 11.9 Å². The number of nitrogens with one attached hydrogen (secondary N) is 2. The van der Waals surface area contributed by atoms with E-state index in [9.17, 15) is 14.0 Å². The highest BCUT2D eigenvalue weighted by Crippen LogP contribution is 2.19. The van der Waals surface area contributed by atoms with Gasteiger partial charge in [0.05, 0.1) is 10.6 Å². The maximum atomic E-state index is 13.0. The number of carbonyl (C=O) groups excluding carboxylic acids is 2. The first-order valence-corrected chi connectivity index (χ1v) is 7.03. The molecular formula is C16H14ClFN2O2. The molecule has 0 heterocycles. The van der Waals surface area contributed by atoms with Crippen LogP contribution in [0.15, 0.2) is 42.5 Å². The van der Waals surface area contributed by atoms with E-state index in [2.05, 4.69) is 10.6 Å². The summed E-state index contributed by atoms with van der Waals surface area (Å²) in [5, 5.41) is 5.33. The van der Waals surface area contributed by atoms with E-state index >= 15 is 0 Å². The van der Waals surface area contributed by atoms with Gasteiger partial charge >= 0.3 is 0 Å². The van der Waals surface area contributed by atoms with Crippen molar-refractivity contribution in [2.24, 2.45) is 0 Å². The Kier molecular flexibility index (Phi) is 5.12. The SMILES string of the molecule is CCNC(=O)c1cccc(NC(=O)c2ccc(F)cc2Cl)c1. The smallest absolute Gasteiger partial charge is 0.257 e. The molecule has 2 aromatic carbocycles. The molecule has 22 heavy (non-hydrogen) atoms. The predicted octanol–water partition coefficient (Wildman–Crippen LogP) is 3.48. The second-order valence-electron chi connectivity index (χ2n) is 4.52. The van der Waals surface area contributed by atoms with Gasteiger partial charge in [-0.2, -0.15) is 0 Å². The van der Waals surface area contributed by atoms with Crippen LogP contribution in [-0.4, -0.2) is 18.4 Å². The molecule has 4 nitrogen and oxygen atoms in total. The van der Waals surface area contributed by atoms with Gasteiger partial charge in [-0.3, -0.25) is 9.59 Å². The zero-order chi connectivity index (χ0) is 16.1. The summed E-state index contributed by atoms with van der Waals surface area (Å²) in [5.74, 6) is -1.21. The Hall–Kier alpha value is -2.40. The molecule has 0 saturated heterocycles. The molecule has 2 amide bonds. The van der Waals surface area contributed by atoms with Crippen molar-refractivity contribution in [3.05, 3.63) is 64.4 Å². The lowest BCUT2D eigenvalue weighted by Gasteiger charge is -2.08. The number of halogens is 2. The predicted molar refractivity (Wildman–Crippen MR) is 83.8 cm³/mol. The third-order valence-corrected chi connectivity index (χ3v) is 3.21. The number of carbonyl (C=O) groups is 2. The van der Waals surface area contributed by atoms with Gasteiger partial charge < -0.3 is 10.6 Å². The molecule has 6 heteroatoms. The second-order valence-corrected chi connectivity index (χ2v) is 4.93. The number of hydrogen-bond donors (Lipinski definition) is 2. The molecule has 2 rings (SSSR count). The average molecular weight is 321 g/mol. The third kappa shape index (κ3) is 3.83. The average Bonchev–Trinajstić information content (AvgIpc) is 2.47. The van der Waals surface area contributed by atoms with E-state index in [1.165, 1.54) is 6.07 Å². The van der Waals surface area contributed by atoms with Crippen molar-refractivity contribution < 1.29 is 14.0 Å². The van der Waals surface area contributed by atoms with E-state index in [0.29, 0.717) is 17.8 Å². The molecule has 0 bridgehead atoms. The Balaban J connectivity index is 2.18. The standard InChI is InChI=1S/C16H14ClFN2O2/c1-2-19-15(21)10-4-3-5-12(8-10)20-16(22)13-7-6-11(18)9-14(13)17/h3-9H,2H2,1H3,(H,19,21)(H,20,22). The summed E-state index contributed by atoms with van der Waals surface area (Å²) in [6.45, 7) is 2.33. The van der Waals surface area contributed by atoms with Crippen LogP contribution in [0.4, 0.5) is 10.1 Å². The fourth-order valence-electron chi connectivity index (χ4n) is 1.87. The first-order valence-electron chi connectivity index (χ1n) is 6.66. The van der Waals surface area contributed by atoms with Crippen LogP contribution in [0, 0.1) is 5.82 Å². The van der Waals surface area contributed by atoms with Gasteiger partial charge in [-0.1, -0.05) is 17.7 Å². The van der Waals surface area contributed by atoms with Gasteiger partial charge in [0.15, 0.2) is 0 Å². The second kappa shape index (κ2) is 7.04. The Morgan fingerprint density at radius 1 is 1.14 bits per heavy atom. The lowest BCUT2D eigenvalue weighted by Crippen LogP contribution is -2.22. The van der Waals surface area contributed by atoms with Gasteiger partial charge in [0, 0.05) is 17.8 Å². The highest BCUT2D eigenvalue weighted by atomic mass is 35.5. The number of benzene rings is 2. The highest BCUT2D eigenvalue weighted by Gasteiger charge is 2.12. The van der Waals surface area contributed by atoms with Crippen molar-refractivity contribution in [2.45, 2.75) is 6.92 Å². The van der Waals surface area contributed by atoms with Crippen LogP contribution < -0.4 is 10.6 Å². The Morgan fingerprint density at radius 2 is 1.91 bits per heavy atom. The van der Waals surface area contributed by atoms with Crippen molar-refractivity contribution in [1.29, 1.82) is 0 Å². The monoisotopic (exact) mass is 320 g/mol. The van der Waals surface area contributed by atoms with Crippen molar-refractivity contribution >= 4 is 29.1 Å².